The van der Waals surface area contributed by atoms with Crippen LogP contribution >= 0.6 is 0 Å². The minimum Gasteiger partial charge on any atom is -0.322 e. The first kappa shape index (κ1) is 17.5. The largest absolute Gasteiger partial charge is 0.322 e. The molecule has 4 heteroatoms. The third-order valence-electron chi connectivity index (χ3n) is 3.58. The van der Waals surface area contributed by atoms with Crippen LogP contribution in [0.3, 0.4) is 0 Å². The molecule has 0 unspecified atom stereocenters. The van der Waals surface area contributed by atoms with E-state index in [4.69, 9.17) is 0 Å². The van der Waals surface area contributed by atoms with Gasteiger partial charge in [-0.05, 0) is 43.5 Å². The Kier molecular flexibility index (Phi) is 5.53. The average Bonchev–Trinajstić information content (AvgIpc) is 2.50. The Morgan fingerprint density at radius 2 is 1.54 bits per heavy atom. The highest BCUT2D eigenvalue weighted by Crippen LogP contribution is 2.22. The molecule has 0 bridgehead atoms. The topological polar surface area (TPSA) is 58.2 Å². The van der Waals surface area contributed by atoms with E-state index in [1.54, 1.807) is 6.08 Å². The molecule has 2 N–H and O–H groups in total. The molecule has 2 aromatic carbocycles. The molecule has 0 spiro atoms. The molecule has 24 heavy (non-hydrogen) atoms. The predicted molar refractivity (Wildman–Crippen MR) is 97.5 cm³/mol. The molecular weight excluding hydrogens is 300 g/mol. The zero-order chi connectivity index (χ0) is 17.7. The minimum atomic E-state index is -0.343. The maximum absolute atomic E-state index is 12.6. The van der Waals surface area contributed by atoms with Crippen molar-refractivity contribution in [1.82, 2.24) is 5.32 Å². The van der Waals surface area contributed by atoms with Crippen LogP contribution in [0.2, 0.25) is 0 Å². The normalized spacial score (nSPS) is 11.1. The summed E-state index contributed by atoms with van der Waals surface area (Å²) in [5, 5.41) is 5.52. The highest BCUT2D eigenvalue weighted by atomic mass is 16.2. The number of rotatable bonds is 4. The lowest BCUT2D eigenvalue weighted by Gasteiger charge is -2.14. The van der Waals surface area contributed by atoms with Crippen molar-refractivity contribution in [3.05, 3.63) is 70.4 Å². The second kappa shape index (κ2) is 7.59. The lowest BCUT2D eigenvalue weighted by Crippen LogP contribution is -2.29. The Labute approximate surface area is 142 Å². The van der Waals surface area contributed by atoms with Crippen molar-refractivity contribution in [2.45, 2.75) is 27.7 Å². The van der Waals surface area contributed by atoms with Crippen LogP contribution in [0.15, 0.2) is 48.2 Å². The van der Waals surface area contributed by atoms with Crippen LogP contribution in [0.5, 0.6) is 0 Å². The number of hydrogen-bond donors (Lipinski definition) is 2. The average molecular weight is 322 g/mol. The lowest BCUT2D eigenvalue weighted by molar-refractivity contribution is -0.120. The molecule has 0 heterocycles. The van der Waals surface area contributed by atoms with E-state index < -0.39 is 0 Å². The molecule has 0 aliphatic carbocycles. The van der Waals surface area contributed by atoms with Crippen molar-refractivity contribution >= 4 is 23.6 Å². The summed E-state index contributed by atoms with van der Waals surface area (Å²) in [6.07, 6.45) is 1.66. The van der Waals surface area contributed by atoms with Gasteiger partial charge in [0.05, 0.1) is 0 Å². The monoisotopic (exact) mass is 322 g/mol. The van der Waals surface area contributed by atoms with Gasteiger partial charge in [-0.1, -0.05) is 48.0 Å². The SMILES string of the molecule is CC(=O)NC(=Cc1ccccc1)C(=O)Nc1c(C)cc(C)cc1C. The Bertz CT molecular complexity index is 770. The van der Waals surface area contributed by atoms with Gasteiger partial charge in [0.25, 0.3) is 5.91 Å². The smallest absolute Gasteiger partial charge is 0.272 e. The number of amides is 2. The number of anilines is 1. The lowest BCUT2D eigenvalue weighted by atomic mass is 10.0. The molecule has 0 aliphatic rings. The third-order valence-corrected chi connectivity index (χ3v) is 3.58. The van der Waals surface area contributed by atoms with Crippen molar-refractivity contribution in [3.8, 4) is 0 Å². The van der Waals surface area contributed by atoms with Gasteiger partial charge in [0.2, 0.25) is 5.91 Å². The van der Waals surface area contributed by atoms with Crippen LogP contribution in [0, 0.1) is 20.8 Å². The maximum Gasteiger partial charge on any atom is 0.272 e. The van der Waals surface area contributed by atoms with Gasteiger partial charge < -0.3 is 10.6 Å². The van der Waals surface area contributed by atoms with Crippen LogP contribution in [0.1, 0.15) is 29.2 Å². The van der Waals surface area contributed by atoms with Crippen molar-refractivity contribution in [1.29, 1.82) is 0 Å². The van der Waals surface area contributed by atoms with Gasteiger partial charge in [0, 0.05) is 12.6 Å². The Hall–Kier alpha value is -2.88. The van der Waals surface area contributed by atoms with Crippen LogP contribution in [-0.2, 0) is 9.59 Å². The third kappa shape index (κ3) is 4.56. The van der Waals surface area contributed by atoms with Gasteiger partial charge in [-0.15, -0.1) is 0 Å². The van der Waals surface area contributed by atoms with Gasteiger partial charge in [0.1, 0.15) is 5.70 Å². The number of carbonyl (C=O) groups is 2. The van der Waals surface area contributed by atoms with E-state index in [1.165, 1.54) is 6.92 Å². The molecule has 124 valence electrons. The second-order valence-corrected chi connectivity index (χ2v) is 5.88. The molecule has 2 amide bonds. The van der Waals surface area contributed by atoms with E-state index in [0.717, 1.165) is 27.9 Å². The summed E-state index contributed by atoms with van der Waals surface area (Å²) < 4.78 is 0. The van der Waals surface area contributed by atoms with Crippen LogP contribution < -0.4 is 10.6 Å². The van der Waals surface area contributed by atoms with E-state index in [0.29, 0.717) is 0 Å². The zero-order valence-electron chi connectivity index (χ0n) is 14.4. The van der Waals surface area contributed by atoms with Gasteiger partial charge in [-0.2, -0.15) is 0 Å². The molecule has 0 radical (unpaired) electrons. The molecular formula is C20H22N2O2. The standard InChI is InChI=1S/C20H22N2O2/c1-13-10-14(2)19(15(3)11-13)22-20(24)18(21-16(4)23)12-17-8-6-5-7-9-17/h5-12H,1-4H3,(H,21,23)(H,22,24). The van der Waals surface area contributed by atoms with Crippen molar-refractivity contribution in [2.75, 3.05) is 5.32 Å². The highest BCUT2D eigenvalue weighted by Gasteiger charge is 2.14. The van der Waals surface area contributed by atoms with Crippen molar-refractivity contribution in [2.24, 2.45) is 0 Å². The summed E-state index contributed by atoms with van der Waals surface area (Å²) in [5.41, 5.74) is 4.95. The predicted octanol–water partition coefficient (Wildman–Crippen LogP) is 3.73. The van der Waals surface area contributed by atoms with Crippen LogP contribution in [0.4, 0.5) is 5.69 Å². The fourth-order valence-electron chi connectivity index (χ4n) is 2.62. The fourth-order valence-corrected chi connectivity index (χ4v) is 2.62. The molecule has 0 saturated carbocycles. The molecule has 0 fully saturated rings. The van der Waals surface area contributed by atoms with Gasteiger partial charge in [-0.3, -0.25) is 9.59 Å². The number of nitrogens with one attached hydrogen (secondary N) is 2. The molecule has 0 saturated heterocycles. The summed E-state index contributed by atoms with van der Waals surface area (Å²) in [6.45, 7) is 7.31. The first-order valence-electron chi connectivity index (χ1n) is 7.80. The number of carbonyl (C=O) groups excluding carboxylic acids is 2. The minimum absolute atomic E-state index is 0.216. The summed E-state index contributed by atoms with van der Waals surface area (Å²) >= 11 is 0. The van der Waals surface area contributed by atoms with E-state index in [9.17, 15) is 9.59 Å². The Morgan fingerprint density at radius 1 is 0.958 bits per heavy atom. The Balaban J connectivity index is 2.32. The summed E-state index contributed by atoms with van der Waals surface area (Å²) in [7, 11) is 0. The van der Waals surface area contributed by atoms with Crippen LogP contribution in [-0.4, -0.2) is 11.8 Å². The van der Waals surface area contributed by atoms with Gasteiger partial charge in [0.15, 0.2) is 0 Å². The molecule has 0 aliphatic heterocycles. The quantitative estimate of drug-likeness (QED) is 0.843. The number of aryl methyl sites for hydroxylation is 3. The van der Waals surface area contributed by atoms with E-state index >= 15 is 0 Å². The number of benzene rings is 2. The van der Waals surface area contributed by atoms with E-state index in [2.05, 4.69) is 10.6 Å². The van der Waals surface area contributed by atoms with Gasteiger partial charge in [-0.25, -0.2) is 0 Å². The van der Waals surface area contributed by atoms with Crippen LogP contribution in [0.25, 0.3) is 6.08 Å². The van der Waals surface area contributed by atoms with Gasteiger partial charge >= 0.3 is 0 Å². The Morgan fingerprint density at radius 3 is 2.08 bits per heavy atom. The molecule has 2 rings (SSSR count). The highest BCUT2D eigenvalue weighted by molar-refractivity contribution is 6.09. The molecule has 2 aromatic rings. The maximum atomic E-state index is 12.6. The summed E-state index contributed by atoms with van der Waals surface area (Å²) in [6, 6.07) is 13.4. The molecule has 0 atom stereocenters. The van der Waals surface area contributed by atoms with Crippen molar-refractivity contribution in [3.63, 3.8) is 0 Å². The van der Waals surface area contributed by atoms with E-state index in [-0.39, 0.29) is 17.5 Å². The summed E-state index contributed by atoms with van der Waals surface area (Å²) in [4.78, 5) is 24.1. The second-order valence-electron chi connectivity index (χ2n) is 5.88. The molecule has 0 aromatic heterocycles. The first-order valence-corrected chi connectivity index (χ1v) is 7.80. The number of hydrogen-bond acceptors (Lipinski definition) is 2. The van der Waals surface area contributed by atoms with Crippen molar-refractivity contribution < 1.29 is 9.59 Å². The first-order chi connectivity index (χ1) is 11.4. The summed E-state index contributed by atoms with van der Waals surface area (Å²) in [5.74, 6) is -0.631. The zero-order valence-corrected chi connectivity index (χ0v) is 14.4. The molecule has 4 nitrogen and oxygen atoms in total. The van der Waals surface area contributed by atoms with E-state index in [1.807, 2.05) is 63.2 Å². The fraction of sp³-hybridized carbons (Fsp3) is 0.200.